The van der Waals surface area contributed by atoms with E-state index in [2.05, 4.69) is 10.3 Å². The summed E-state index contributed by atoms with van der Waals surface area (Å²) in [5, 5.41) is 5.53. The van der Waals surface area contributed by atoms with E-state index in [-0.39, 0.29) is 24.2 Å². The summed E-state index contributed by atoms with van der Waals surface area (Å²) in [6.07, 6.45) is 1.66. The van der Waals surface area contributed by atoms with Gasteiger partial charge >= 0.3 is 0 Å². The average molecular weight is 324 g/mol. The van der Waals surface area contributed by atoms with E-state index in [9.17, 15) is 9.59 Å². The second-order valence-electron chi connectivity index (χ2n) is 6.27. The van der Waals surface area contributed by atoms with Gasteiger partial charge in [0.15, 0.2) is 5.13 Å². The molecule has 1 aliphatic heterocycles. The van der Waals surface area contributed by atoms with E-state index in [1.165, 1.54) is 11.3 Å². The van der Waals surface area contributed by atoms with Gasteiger partial charge in [0.2, 0.25) is 11.8 Å². The minimum Gasteiger partial charge on any atom is -0.349 e. The van der Waals surface area contributed by atoms with Gasteiger partial charge in [0.25, 0.3) is 0 Å². The number of carbonyl (C=O) groups excluding carboxylic acids is 2. The first-order chi connectivity index (χ1) is 10.4. The van der Waals surface area contributed by atoms with Gasteiger partial charge in [-0.05, 0) is 19.3 Å². The molecule has 0 spiro atoms. The molecule has 0 saturated carbocycles. The zero-order chi connectivity index (χ0) is 16.3. The van der Waals surface area contributed by atoms with Crippen LogP contribution in [0.1, 0.15) is 39.3 Å². The van der Waals surface area contributed by atoms with Crippen molar-refractivity contribution >= 4 is 28.3 Å². The molecule has 2 amide bonds. The molecule has 122 valence electrons. The first-order valence-corrected chi connectivity index (χ1v) is 8.49. The molecule has 1 saturated heterocycles. The molecule has 1 atom stereocenters. The molecule has 1 fully saturated rings. The first kappa shape index (κ1) is 16.9. The summed E-state index contributed by atoms with van der Waals surface area (Å²) in [6.45, 7) is 7.13. The summed E-state index contributed by atoms with van der Waals surface area (Å²) in [6, 6.07) is 0. The number of carbonyl (C=O) groups is 2. The Morgan fingerprint density at radius 1 is 1.59 bits per heavy atom. The van der Waals surface area contributed by atoms with Crippen LogP contribution in [0, 0.1) is 5.92 Å². The lowest BCUT2D eigenvalue weighted by molar-refractivity contribution is -0.122. The zero-order valence-corrected chi connectivity index (χ0v) is 14.2. The van der Waals surface area contributed by atoms with Gasteiger partial charge < -0.3 is 11.1 Å². The fourth-order valence-corrected chi connectivity index (χ4v) is 3.18. The molecular formula is C15H24N4O2S. The first-order valence-electron chi connectivity index (χ1n) is 7.61. The highest BCUT2D eigenvalue weighted by molar-refractivity contribution is 7.14. The van der Waals surface area contributed by atoms with Crippen LogP contribution >= 0.6 is 11.3 Å². The van der Waals surface area contributed by atoms with E-state index in [0.29, 0.717) is 23.8 Å². The number of aromatic nitrogens is 1. The minimum absolute atomic E-state index is 0.0914. The third-order valence-corrected chi connectivity index (χ3v) is 5.22. The van der Waals surface area contributed by atoms with Crippen molar-refractivity contribution in [1.82, 2.24) is 10.3 Å². The Hall–Kier alpha value is -1.47. The summed E-state index contributed by atoms with van der Waals surface area (Å²) >= 11 is 1.41. The highest BCUT2D eigenvalue weighted by Gasteiger charge is 2.29. The number of anilines is 1. The maximum atomic E-state index is 12.2. The minimum atomic E-state index is -0.416. The second-order valence-corrected chi connectivity index (χ2v) is 7.11. The largest absolute Gasteiger partial charge is 0.349 e. The average Bonchev–Trinajstić information content (AvgIpc) is 3.06. The normalized spacial score (nSPS) is 17.9. The van der Waals surface area contributed by atoms with Gasteiger partial charge in [-0.3, -0.25) is 14.5 Å². The van der Waals surface area contributed by atoms with Crippen LogP contribution in [0.4, 0.5) is 5.13 Å². The summed E-state index contributed by atoms with van der Waals surface area (Å²) in [7, 11) is 0. The van der Waals surface area contributed by atoms with E-state index in [1.807, 2.05) is 26.2 Å². The van der Waals surface area contributed by atoms with Crippen LogP contribution in [0.25, 0.3) is 0 Å². The Labute approximate surface area is 135 Å². The third-order valence-electron chi connectivity index (χ3n) is 4.31. The predicted molar refractivity (Wildman–Crippen MR) is 87.8 cm³/mol. The molecule has 3 N–H and O–H groups in total. The predicted octanol–water partition coefficient (Wildman–Crippen LogP) is 1.30. The van der Waals surface area contributed by atoms with E-state index in [4.69, 9.17) is 5.73 Å². The molecule has 1 aromatic rings. The number of hydrogen-bond donors (Lipinski definition) is 2. The van der Waals surface area contributed by atoms with E-state index < -0.39 is 5.54 Å². The summed E-state index contributed by atoms with van der Waals surface area (Å²) in [5.41, 5.74) is 6.06. The maximum Gasteiger partial charge on any atom is 0.228 e. The molecule has 6 nitrogen and oxygen atoms in total. The molecular weight excluding hydrogens is 300 g/mol. The summed E-state index contributed by atoms with van der Waals surface area (Å²) < 4.78 is 0. The van der Waals surface area contributed by atoms with Crippen LogP contribution < -0.4 is 16.0 Å². The molecule has 0 bridgehead atoms. The molecule has 7 heteroatoms. The summed E-state index contributed by atoms with van der Waals surface area (Å²) in [5.74, 6) is 0.266. The molecule has 0 aliphatic carbocycles. The Balaban J connectivity index is 1.98. The number of rotatable bonds is 6. The van der Waals surface area contributed by atoms with Crippen molar-refractivity contribution in [2.24, 2.45) is 11.7 Å². The van der Waals surface area contributed by atoms with Gasteiger partial charge in [-0.25, -0.2) is 4.98 Å². The SMILES string of the molecule is CC(C)C(C)(CN)NC(=O)Cc1csc(N2CCCC2=O)n1. The van der Waals surface area contributed by atoms with Crippen molar-refractivity contribution in [3.8, 4) is 0 Å². The zero-order valence-electron chi connectivity index (χ0n) is 13.4. The van der Waals surface area contributed by atoms with Crippen molar-refractivity contribution in [1.29, 1.82) is 0 Å². The number of amides is 2. The van der Waals surface area contributed by atoms with Gasteiger partial charge in [-0.2, -0.15) is 0 Å². The van der Waals surface area contributed by atoms with Crippen LogP contribution in [-0.4, -0.2) is 35.4 Å². The Morgan fingerprint density at radius 3 is 2.86 bits per heavy atom. The Bertz CT molecular complexity index is 557. The Kier molecular flexibility index (Phi) is 5.18. The highest BCUT2D eigenvalue weighted by atomic mass is 32.1. The molecule has 0 radical (unpaired) electrons. The Morgan fingerprint density at radius 2 is 2.32 bits per heavy atom. The monoisotopic (exact) mass is 324 g/mol. The van der Waals surface area contributed by atoms with E-state index in [0.717, 1.165) is 13.0 Å². The molecule has 2 heterocycles. The molecule has 1 aromatic heterocycles. The van der Waals surface area contributed by atoms with E-state index >= 15 is 0 Å². The number of thiazole rings is 1. The van der Waals surface area contributed by atoms with Crippen LogP contribution in [0.15, 0.2) is 5.38 Å². The van der Waals surface area contributed by atoms with Crippen molar-refractivity contribution < 1.29 is 9.59 Å². The van der Waals surface area contributed by atoms with Crippen molar-refractivity contribution in [3.63, 3.8) is 0 Å². The van der Waals surface area contributed by atoms with Crippen LogP contribution in [0.3, 0.4) is 0 Å². The van der Waals surface area contributed by atoms with Gasteiger partial charge in [0.05, 0.1) is 17.7 Å². The van der Waals surface area contributed by atoms with Gasteiger partial charge in [0, 0.05) is 24.9 Å². The van der Waals surface area contributed by atoms with Gasteiger partial charge in [0.1, 0.15) is 0 Å². The van der Waals surface area contributed by atoms with Crippen LogP contribution in [0.2, 0.25) is 0 Å². The maximum absolute atomic E-state index is 12.2. The number of nitrogens with two attached hydrogens (primary N) is 1. The van der Waals surface area contributed by atoms with Crippen LogP contribution in [-0.2, 0) is 16.0 Å². The smallest absolute Gasteiger partial charge is 0.228 e. The van der Waals surface area contributed by atoms with Crippen molar-refractivity contribution in [2.75, 3.05) is 18.0 Å². The molecule has 1 unspecified atom stereocenters. The van der Waals surface area contributed by atoms with Gasteiger partial charge in [-0.15, -0.1) is 11.3 Å². The quantitative estimate of drug-likeness (QED) is 0.825. The third kappa shape index (κ3) is 3.64. The lowest BCUT2D eigenvalue weighted by Crippen LogP contribution is -2.55. The molecule has 22 heavy (non-hydrogen) atoms. The molecule has 1 aliphatic rings. The lowest BCUT2D eigenvalue weighted by atomic mass is 9.88. The molecule has 2 rings (SSSR count). The van der Waals surface area contributed by atoms with Gasteiger partial charge in [-0.1, -0.05) is 13.8 Å². The van der Waals surface area contributed by atoms with Crippen LogP contribution in [0.5, 0.6) is 0 Å². The van der Waals surface area contributed by atoms with E-state index in [1.54, 1.807) is 4.90 Å². The fourth-order valence-electron chi connectivity index (χ4n) is 2.31. The standard InChI is InChI=1S/C15H24N4O2S/c1-10(2)15(3,9-16)18-12(20)7-11-8-22-14(17-11)19-6-4-5-13(19)21/h8,10H,4-7,9,16H2,1-3H3,(H,18,20). The number of hydrogen-bond acceptors (Lipinski definition) is 5. The molecule has 0 aromatic carbocycles. The second kappa shape index (κ2) is 6.75. The number of nitrogens with one attached hydrogen (secondary N) is 1. The van der Waals surface area contributed by atoms with Crippen molar-refractivity contribution in [3.05, 3.63) is 11.1 Å². The summed E-state index contributed by atoms with van der Waals surface area (Å²) in [4.78, 5) is 30.0. The highest BCUT2D eigenvalue weighted by Crippen LogP contribution is 2.25. The fraction of sp³-hybridized carbons (Fsp3) is 0.667. The topological polar surface area (TPSA) is 88.3 Å². The lowest BCUT2D eigenvalue weighted by Gasteiger charge is -2.33. The number of nitrogens with zero attached hydrogens (tertiary/aromatic N) is 2. The van der Waals surface area contributed by atoms with Crippen molar-refractivity contribution in [2.45, 2.75) is 45.6 Å².